The van der Waals surface area contributed by atoms with Gasteiger partial charge in [0.05, 0.1) is 10.7 Å². The fourth-order valence-corrected chi connectivity index (χ4v) is 2.22. The lowest BCUT2D eigenvalue weighted by Gasteiger charge is -2.22. The van der Waals surface area contributed by atoms with Crippen LogP contribution in [0.5, 0.6) is 5.75 Å². The van der Waals surface area contributed by atoms with Crippen molar-refractivity contribution < 1.29 is 9.90 Å². The lowest BCUT2D eigenvalue weighted by atomic mass is 10.2. The summed E-state index contributed by atoms with van der Waals surface area (Å²) >= 11 is 11.9. The van der Waals surface area contributed by atoms with Crippen molar-refractivity contribution in [1.82, 2.24) is 0 Å². The Balaban J connectivity index is 2.23. The quantitative estimate of drug-likeness (QED) is 0.855. The molecule has 0 fully saturated rings. The van der Waals surface area contributed by atoms with E-state index in [0.717, 1.165) is 0 Å². The van der Waals surface area contributed by atoms with Gasteiger partial charge in [-0.3, -0.25) is 4.90 Å². The van der Waals surface area contributed by atoms with Crippen LogP contribution in [-0.2, 0) is 0 Å². The molecule has 6 heteroatoms. The van der Waals surface area contributed by atoms with Gasteiger partial charge in [-0.15, -0.1) is 0 Å². The van der Waals surface area contributed by atoms with Gasteiger partial charge in [-0.1, -0.05) is 29.3 Å². The molecule has 2 aromatic rings. The molecule has 2 rings (SSSR count). The van der Waals surface area contributed by atoms with Crippen molar-refractivity contribution in [2.24, 2.45) is 0 Å². The summed E-state index contributed by atoms with van der Waals surface area (Å²) in [6.07, 6.45) is 0. The lowest BCUT2D eigenvalue weighted by molar-refractivity contribution is 0.257. The van der Waals surface area contributed by atoms with Gasteiger partial charge in [-0.2, -0.15) is 0 Å². The van der Waals surface area contributed by atoms with Gasteiger partial charge in [0.2, 0.25) is 0 Å². The number of hydrogen-bond donors (Lipinski definition) is 2. The number of anilines is 2. The Morgan fingerprint density at radius 2 is 2.00 bits per heavy atom. The van der Waals surface area contributed by atoms with Crippen LogP contribution in [0.25, 0.3) is 0 Å². The molecule has 0 aliphatic heterocycles. The minimum absolute atomic E-state index is 0.0968. The van der Waals surface area contributed by atoms with Gasteiger partial charge in [0.15, 0.2) is 0 Å². The largest absolute Gasteiger partial charge is 0.508 e. The first kappa shape index (κ1) is 15.5. The van der Waals surface area contributed by atoms with Gasteiger partial charge in [0, 0.05) is 23.3 Å². The predicted molar refractivity (Wildman–Crippen MR) is 86.6 cm³/mol. The zero-order chi connectivity index (χ0) is 15.4. The molecular formula is C15H14Cl2N2O2. The van der Waals surface area contributed by atoms with Crippen molar-refractivity contribution in [2.45, 2.75) is 6.92 Å². The maximum atomic E-state index is 12.4. The summed E-state index contributed by atoms with van der Waals surface area (Å²) in [4.78, 5) is 13.8. The van der Waals surface area contributed by atoms with Crippen molar-refractivity contribution in [3.63, 3.8) is 0 Å². The Hall–Kier alpha value is -1.91. The fraction of sp³-hybridized carbons (Fsp3) is 0.133. The maximum Gasteiger partial charge on any atom is 0.326 e. The molecule has 0 saturated heterocycles. The molecule has 0 spiro atoms. The number of rotatable bonds is 3. The molecule has 0 unspecified atom stereocenters. The third-order valence-corrected chi connectivity index (χ3v) is 3.44. The second-order valence-corrected chi connectivity index (χ2v) is 5.16. The van der Waals surface area contributed by atoms with Crippen LogP contribution < -0.4 is 10.2 Å². The number of phenolic OH excluding ortho intramolecular Hbond substituents is 1. The summed E-state index contributed by atoms with van der Waals surface area (Å²) in [5, 5.41) is 13.1. The van der Waals surface area contributed by atoms with E-state index in [1.54, 1.807) is 36.4 Å². The highest BCUT2D eigenvalue weighted by molar-refractivity contribution is 6.35. The van der Waals surface area contributed by atoms with Crippen LogP contribution in [0.2, 0.25) is 10.0 Å². The van der Waals surface area contributed by atoms with E-state index in [2.05, 4.69) is 5.32 Å². The summed E-state index contributed by atoms with van der Waals surface area (Å²) in [5.74, 6) is 0.0968. The van der Waals surface area contributed by atoms with E-state index in [1.165, 1.54) is 11.0 Å². The normalized spacial score (nSPS) is 10.2. The summed E-state index contributed by atoms with van der Waals surface area (Å²) in [6.45, 7) is 2.27. The first-order valence-electron chi connectivity index (χ1n) is 6.34. The van der Waals surface area contributed by atoms with Gasteiger partial charge in [0.1, 0.15) is 5.75 Å². The number of aromatic hydroxyl groups is 1. The molecular weight excluding hydrogens is 311 g/mol. The average Bonchev–Trinajstić information content (AvgIpc) is 2.44. The summed E-state index contributed by atoms with van der Waals surface area (Å²) in [6, 6.07) is 11.0. The molecule has 0 aliphatic carbocycles. The first-order chi connectivity index (χ1) is 10.0. The number of hydrogen-bond acceptors (Lipinski definition) is 2. The summed E-state index contributed by atoms with van der Waals surface area (Å²) in [7, 11) is 0. The smallest absolute Gasteiger partial charge is 0.326 e. The van der Waals surface area contributed by atoms with Gasteiger partial charge in [-0.25, -0.2) is 4.79 Å². The van der Waals surface area contributed by atoms with Crippen LogP contribution in [0.3, 0.4) is 0 Å². The second kappa shape index (κ2) is 6.70. The number of amides is 2. The molecule has 2 aromatic carbocycles. The first-order valence-corrected chi connectivity index (χ1v) is 7.09. The van der Waals surface area contributed by atoms with Crippen molar-refractivity contribution in [3.05, 3.63) is 52.5 Å². The van der Waals surface area contributed by atoms with Crippen LogP contribution in [0, 0.1) is 0 Å². The number of nitrogens with one attached hydrogen (secondary N) is 1. The predicted octanol–water partition coefficient (Wildman–Crippen LogP) is 4.76. The minimum atomic E-state index is -0.354. The van der Waals surface area contributed by atoms with Crippen molar-refractivity contribution in [1.29, 1.82) is 0 Å². The molecule has 2 N–H and O–H groups in total. The molecule has 0 atom stereocenters. The fourth-order valence-electron chi connectivity index (χ4n) is 1.88. The van der Waals surface area contributed by atoms with Crippen molar-refractivity contribution in [3.8, 4) is 5.75 Å². The van der Waals surface area contributed by atoms with Gasteiger partial charge >= 0.3 is 6.03 Å². The van der Waals surface area contributed by atoms with E-state index in [1.807, 2.05) is 6.92 Å². The third kappa shape index (κ3) is 3.80. The molecule has 21 heavy (non-hydrogen) atoms. The molecule has 2 amide bonds. The van der Waals surface area contributed by atoms with E-state index >= 15 is 0 Å². The lowest BCUT2D eigenvalue weighted by Crippen LogP contribution is -2.34. The molecule has 110 valence electrons. The molecule has 0 aromatic heterocycles. The molecule has 0 bridgehead atoms. The third-order valence-electron chi connectivity index (χ3n) is 2.87. The van der Waals surface area contributed by atoms with Crippen LogP contribution in [0.1, 0.15) is 6.92 Å². The number of carbonyl (C=O) groups is 1. The second-order valence-electron chi connectivity index (χ2n) is 4.32. The number of benzene rings is 2. The Bertz CT molecular complexity index is 662. The van der Waals surface area contributed by atoms with Gasteiger partial charge in [0.25, 0.3) is 0 Å². The van der Waals surface area contributed by atoms with Crippen LogP contribution in [0.15, 0.2) is 42.5 Å². The van der Waals surface area contributed by atoms with E-state index in [9.17, 15) is 9.90 Å². The molecule has 0 aliphatic rings. The minimum Gasteiger partial charge on any atom is -0.508 e. The highest BCUT2D eigenvalue weighted by Crippen LogP contribution is 2.27. The maximum absolute atomic E-state index is 12.4. The van der Waals surface area contributed by atoms with Crippen molar-refractivity contribution >= 4 is 40.6 Å². The van der Waals surface area contributed by atoms with E-state index in [4.69, 9.17) is 23.2 Å². The number of carbonyl (C=O) groups excluding carboxylic acids is 1. The Morgan fingerprint density at radius 3 is 2.67 bits per heavy atom. The highest BCUT2D eigenvalue weighted by atomic mass is 35.5. The van der Waals surface area contributed by atoms with Crippen LogP contribution in [-0.4, -0.2) is 17.7 Å². The zero-order valence-electron chi connectivity index (χ0n) is 11.3. The zero-order valence-corrected chi connectivity index (χ0v) is 12.8. The van der Waals surface area contributed by atoms with Crippen molar-refractivity contribution in [2.75, 3.05) is 16.8 Å². The molecule has 0 heterocycles. The van der Waals surface area contributed by atoms with E-state index in [0.29, 0.717) is 28.0 Å². The van der Waals surface area contributed by atoms with Crippen LogP contribution in [0.4, 0.5) is 16.2 Å². The van der Waals surface area contributed by atoms with Crippen LogP contribution >= 0.6 is 23.2 Å². The molecule has 0 saturated carbocycles. The Labute approximate surface area is 132 Å². The molecule has 4 nitrogen and oxygen atoms in total. The van der Waals surface area contributed by atoms with E-state index in [-0.39, 0.29) is 11.8 Å². The summed E-state index contributed by atoms with van der Waals surface area (Å²) < 4.78 is 0. The number of nitrogens with zero attached hydrogens (tertiary/aromatic N) is 1. The Morgan fingerprint density at radius 1 is 1.24 bits per heavy atom. The topological polar surface area (TPSA) is 52.6 Å². The average molecular weight is 325 g/mol. The summed E-state index contributed by atoms with van der Waals surface area (Å²) in [5.41, 5.74) is 1.03. The van der Waals surface area contributed by atoms with E-state index < -0.39 is 0 Å². The highest BCUT2D eigenvalue weighted by Gasteiger charge is 2.15. The number of phenols is 1. The monoisotopic (exact) mass is 324 g/mol. The van der Waals surface area contributed by atoms with Gasteiger partial charge < -0.3 is 10.4 Å². The SMILES string of the molecule is CCN(C(=O)Nc1cc(Cl)ccc1Cl)c1cccc(O)c1. The standard InChI is InChI=1S/C15H14Cl2N2O2/c1-2-19(11-4-3-5-12(20)9-11)15(21)18-14-8-10(16)6-7-13(14)17/h3-9,20H,2H2,1H3,(H,18,21). The Kier molecular flexibility index (Phi) is 4.94. The van der Waals surface area contributed by atoms with Gasteiger partial charge in [-0.05, 0) is 37.3 Å². The number of urea groups is 1. The molecule has 0 radical (unpaired) electrons. The number of halogens is 2.